The van der Waals surface area contributed by atoms with E-state index in [4.69, 9.17) is 15.1 Å². The van der Waals surface area contributed by atoms with E-state index in [9.17, 15) is 8.42 Å². The molecule has 1 aromatic rings. The highest BCUT2D eigenvalue weighted by molar-refractivity contribution is 9.10. The maximum Gasteiger partial charge on any atom is 0.264 e. The fourth-order valence-corrected chi connectivity index (χ4v) is 2.39. The van der Waals surface area contributed by atoms with Gasteiger partial charge >= 0.3 is 0 Å². The van der Waals surface area contributed by atoms with Gasteiger partial charge in [-0.15, -0.1) is 0 Å². The highest BCUT2D eigenvalue weighted by Gasteiger charge is 2.17. The summed E-state index contributed by atoms with van der Waals surface area (Å²) in [7, 11) is 1.40. The summed E-state index contributed by atoms with van der Waals surface area (Å²) >= 11 is 2.99. The summed E-state index contributed by atoms with van der Waals surface area (Å²) in [6, 6.07) is 1.32. The lowest BCUT2D eigenvalue weighted by atomic mass is 10.5. The number of furan rings is 1. The summed E-state index contributed by atoms with van der Waals surface area (Å²) < 4.78 is 26.8. The van der Waals surface area contributed by atoms with Crippen molar-refractivity contribution in [3.05, 3.63) is 16.5 Å². The van der Waals surface area contributed by atoms with Gasteiger partial charge in [0, 0.05) is 16.7 Å². The van der Waals surface area contributed by atoms with Crippen LogP contribution in [0.4, 0.5) is 0 Å². The van der Waals surface area contributed by atoms with Gasteiger partial charge in [0.25, 0.3) is 9.05 Å². The van der Waals surface area contributed by atoms with Crippen LogP contribution in [0.1, 0.15) is 5.76 Å². The first-order valence-electron chi connectivity index (χ1n) is 2.62. The van der Waals surface area contributed by atoms with Crippen LogP contribution in [0, 0.1) is 6.92 Å². The lowest BCUT2D eigenvalue weighted by Gasteiger charge is -1.88. The number of hydrogen-bond donors (Lipinski definition) is 0. The van der Waals surface area contributed by atoms with Crippen LogP contribution in [0.5, 0.6) is 0 Å². The van der Waals surface area contributed by atoms with Crippen molar-refractivity contribution in [2.24, 2.45) is 0 Å². The molecular weight excluding hydrogens is 255 g/mol. The molecule has 0 saturated carbocycles. The Morgan fingerprint density at radius 2 is 2.18 bits per heavy atom. The van der Waals surface area contributed by atoms with E-state index < -0.39 is 9.05 Å². The SMILES string of the molecule is Cc1oc(Br)cc1S(=O)(=O)Cl. The molecule has 0 aliphatic carbocycles. The van der Waals surface area contributed by atoms with Crippen LogP contribution in [0.2, 0.25) is 0 Å². The summed E-state index contributed by atoms with van der Waals surface area (Å²) in [6.45, 7) is 1.53. The largest absolute Gasteiger partial charge is 0.453 e. The molecule has 0 spiro atoms. The lowest BCUT2D eigenvalue weighted by Crippen LogP contribution is -1.88. The van der Waals surface area contributed by atoms with Crippen molar-refractivity contribution in [1.29, 1.82) is 0 Å². The monoisotopic (exact) mass is 258 g/mol. The summed E-state index contributed by atoms with van der Waals surface area (Å²) in [5.74, 6) is 0.284. The molecule has 0 amide bonds. The van der Waals surface area contributed by atoms with Gasteiger partial charge in [-0.2, -0.15) is 0 Å². The van der Waals surface area contributed by atoms with E-state index in [1.165, 1.54) is 13.0 Å². The van der Waals surface area contributed by atoms with E-state index in [1.54, 1.807) is 0 Å². The molecule has 0 unspecified atom stereocenters. The third-order valence-electron chi connectivity index (χ3n) is 1.10. The maximum atomic E-state index is 10.8. The standard InChI is InChI=1S/C5H4BrClO3S/c1-3-4(11(7,8)9)2-5(6)10-3/h2H,1H3. The van der Waals surface area contributed by atoms with Crippen LogP contribution >= 0.6 is 26.6 Å². The van der Waals surface area contributed by atoms with Crippen LogP contribution in [0.25, 0.3) is 0 Å². The van der Waals surface area contributed by atoms with Crippen LogP contribution in [-0.2, 0) is 9.05 Å². The number of rotatable bonds is 1. The summed E-state index contributed by atoms with van der Waals surface area (Å²) in [5, 5.41) is 0. The maximum absolute atomic E-state index is 10.8. The van der Waals surface area contributed by atoms with Gasteiger partial charge in [-0.3, -0.25) is 0 Å². The highest BCUT2D eigenvalue weighted by atomic mass is 79.9. The first kappa shape index (κ1) is 9.09. The molecular formula is C5H4BrClO3S. The Morgan fingerprint density at radius 1 is 1.64 bits per heavy atom. The Balaban J connectivity index is 3.36. The third-order valence-corrected chi connectivity index (χ3v) is 2.93. The minimum absolute atomic E-state index is 0.00559. The molecule has 0 aliphatic rings. The van der Waals surface area contributed by atoms with Crippen LogP contribution in [-0.4, -0.2) is 8.42 Å². The minimum Gasteiger partial charge on any atom is -0.453 e. The minimum atomic E-state index is -3.66. The number of hydrogen-bond acceptors (Lipinski definition) is 3. The van der Waals surface area contributed by atoms with Crippen LogP contribution in [0.15, 0.2) is 20.0 Å². The molecule has 1 rings (SSSR count). The van der Waals surface area contributed by atoms with Crippen molar-refractivity contribution in [2.45, 2.75) is 11.8 Å². The number of aryl methyl sites for hydroxylation is 1. The molecule has 0 aromatic carbocycles. The first-order valence-corrected chi connectivity index (χ1v) is 5.72. The van der Waals surface area contributed by atoms with E-state index in [0.717, 1.165) is 0 Å². The van der Waals surface area contributed by atoms with E-state index in [0.29, 0.717) is 4.67 Å². The molecule has 3 nitrogen and oxygen atoms in total. The smallest absolute Gasteiger partial charge is 0.264 e. The molecule has 0 radical (unpaired) electrons. The molecule has 0 aliphatic heterocycles. The number of halogens is 2. The Kier molecular flexibility index (Phi) is 2.32. The van der Waals surface area contributed by atoms with Crippen molar-refractivity contribution >= 4 is 35.7 Å². The van der Waals surface area contributed by atoms with Crippen molar-refractivity contribution in [3.8, 4) is 0 Å². The molecule has 0 N–H and O–H groups in total. The Labute approximate surface area is 76.9 Å². The zero-order chi connectivity index (χ0) is 8.65. The average Bonchev–Trinajstić information content (AvgIpc) is 2.08. The van der Waals surface area contributed by atoms with E-state index in [2.05, 4.69) is 15.9 Å². The molecule has 0 saturated heterocycles. The van der Waals surface area contributed by atoms with E-state index >= 15 is 0 Å². The predicted octanol–water partition coefficient (Wildman–Crippen LogP) is 2.28. The van der Waals surface area contributed by atoms with E-state index in [1.807, 2.05) is 0 Å². The van der Waals surface area contributed by atoms with Crippen molar-refractivity contribution in [3.63, 3.8) is 0 Å². The second kappa shape index (κ2) is 2.80. The zero-order valence-corrected chi connectivity index (χ0v) is 8.62. The highest BCUT2D eigenvalue weighted by Crippen LogP contribution is 2.26. The first-order chi connectivity index (χ1) is 4.91. The normalized spacial score (nSPS) is 11.9. The summed E-state index contributed by atoms with van der Waals surface area (Å²) in [4.78, 5) is 0.00559. The topological polar surface area (TPSA) is 47.3 Å². The molecule has 0 atom stereocenters. The quantitative estimate of drug-likeness (QED) is 0.727. The molecule has 6 heteroatoms. The molecule has 0 bridgehead atoms. The van der Waals surface area contributed by atoms with Gasteiger partial charge in [0.2, 0.25) is 0 Å². The molecule has 62 valence electrons. The molecule has 1 aromatic heterocycles. The third kappa shape index (κ3) is 1.98. The average molecular weight is 260 g/mol. The lowest BCUT2D eigenvalue weighted by molar-refractivity contribution is 0.502. The molecule has 1 heterocycles. The zero-order valence-electron chi connectivity index (χ0n) is 5.47. The van der Waals surface area contributed by atoms with Crippen LogP contribution in [0.3, 0.4) is 0 Å². The van der Waals surface area contributed by atoms with Gasteiger partial charge in [-0.25, -0.2) is 8.42 Å². The van der Waals surface area contributed by atoms with Gasteiger partial charge < -0.3 is 4.42 Å². The van der Waals surface area contributed by atoms with Gasteiger partial charge in [-0.1, -0.05) is 0 Å². The summed E-state index contributed by atoms with van der Waals surface area (Å²) in [6.07, 6.45) is 0. The van der Waals surface area contributed by atoms with E-state index in [-0.39, 0.29) is 10.7 Å². The van der Waals surface area contributed by atoms with Crippen LogP contribution < -0.4 is 0 Å². The second-order valence-corrected chi connectivity index (χ2v) is 5.22. The molecule has 0 fully saturated rings. The van der Waals surface area contributed by atoms with Gasteiger partial charge in [-0.05, 0) is 22.9 Å². The fraction of sp³-hybridized carbons (Fsp3) is 0.200. The van der Waals surface area contributed by atoms with Crippen molar-refractivity contribution in [1.82, 2.24) is 0 Å². The Hall–Kier alpha value is -0.000000000000000111. The summed E-state index contributed by atoms with van der Waals surface area (Å²) in [5.41, 5.74) is 0. The van der Waals surface area contributed by atoms with Gasteiger partial charge in [0.15, 0.2) is 4.67 Å². The fourth-order valence-electron chi connectivity index (χ4n) is 0.673. The molecule has 11 heavy (non-hydrogen) atoms. The van der Waals surface area contributed by atoms with Crippen molar-refractivity contribution < 1.29 is 12.8 Å². The van der Waals surface area contributed by atoms with Gasteiger partial charge in [0.1, 0.15) is 10.7 Å². The second-order valence-electron chi connectivity index (χ2n) is 1.91. The van der Waals surface area contributed by atoms with Crippen molar-refractivity contribution in [2.75, 3.05) is 0 Å². The van der Waals surface area contributed by atoms with Gasteiger partial charge in [0.05, 0.1) is 0 Å². The Bertz CT molecular complexity index is 367. The predicted molar refractivity (Wildman–Crippen MR) is 44.2 cm³/mol. The Morgan fingerprint density at radius 3 is 2.36 bits per heavy atom.